The summed E-state index contributed by atoms with van der Waals surface area (Å²) in [5, 5.41) is 9.20. The molecular weight excluding hydrogens is 297 g/mol. The van der Waals surface area contributed by atoms with Gasteiger partial charge in [-0.3, -0.25) is 4.79 Å². The van der Waals surface area contributed by atoms with Crippen molar-refractivity contribution in [1.29, 1.82) is 0 Å². The molecule has 1 aromatic carbocycles. The van der Waals surface area contributed by atoms with E-state index in [1.54, 1.807) is 4.90 Å². The van der Waals surface area contributed by atoms with Crippen molar-refractivity contribution in [3.8, 4) is 0 Å². The summed E-state index contributed by atoms with van der Waals surface area (Å²) in [6, 6.07) is 8.92. The van der Waals surface area contributed by atoms with Gasteiger partial charge in [-0.1, -0.05) is 30.3 Å². The lowest BCUT2D eigenvalue weighted by Gasteiger charge is -2.28. The number of hydrogen-bond acceptors (Lipinski definition) is 4. The average Bonchev–Trinajstić information content (AvgIpc) is 2.75. The van der Waals surface area contributed by atoms with E-state index in [-0.39, 0.29) is 31.5 Å². The molecule has 2 unspecified atom stereocenters. The molecule has 0 aromatic heterocycles. The first kappa shape index (κ1) is 15.9. The summed E-state index contributed by atoms with van der Waals surface area (Å²) < 4.78 is 34.2. The zero-order valence-corrected chi connectivity index (χ0v) is 12.3. The third-order valence-electron chi connectivity index (χ3n) is 3.64. The molecule has 21 heavy (non-hydrogen) atoms. The van der Waals surface area contributed by atoms with Crippen molar-refractivity contribution < 1.29 is 22.2 Å². The quantitative estimate of drug-likeness (QED) is 0.802. The highest BCUT2D eigenvalue weighted by atomic mass is 32.3. The van der Waals surface area contributed by atoms with Crippen LogP contribution in [0.25, 0.3) is 0 Å². The molecule has 1 aliphatic heterocycles. The lowest BCUT2D eigenvalue weighted by molar-refractivity contribution is -0.130. The summed E-state index contributed by atoms with van der Waals surface area (Å²) in [5.41, 5.74) is 0.878. The standard InChI is InChI=1S/C14H18FNO4S/c15-21(19,20)10-11-8-14(18)16(9-11)13(6-7-17)12-4-2-1-3-5-12/h1-5,11,13,17H,6-10H2. The fraction of sp³-hybridized carbons (Fsp3) is 0.500. The first-order valence-corrected chi connectivity index (χ1v) is 8.33. The molecule has 1 aromatic rings. The van der Waals surface area contributed by atoms with Crippen molar-refractivity contribution in [2.75, 3.05) is 18.9 Å². The predicted molar refractivity (Wildman–Crippen MR) is 75.6 cm³/mol. The molecule has 0 spiro atoms. The van der Waals surface area contributed by atoms with Gasteiger partial charge in [-0.15, -0.1) is 3.89 Å². The minimum Gasteiger partial charge on any atom is -0.396 e. The van der Waals surface area contributed by atoms with E-state index in [0.717, 1.165) is 5.56 Å². The van der Waals surface area contributed by atoms with E-state index in [2.05, 4.69) is 0 Å². The molecule has 7 heteroatoms. The molecule has 116 valence electrons. The molecule has 0 aliphatic carbocycles. The highest BCUT2D eigenvalue weighted by Crippen LogP contribution is 2.31. The van der Waals surface area contributed by atoms with Crippen LogP contribution in [0.1, 0.15) is 24.4 Å². The van der Waals surface area contributed by atoms with Crippen molar-refractivity contribution >= 4 is 16.1 Å². The van der Waals surface area contributed by atoms with Crippen LogP contribution in [0.5, 0.6) is 0 Å². The van der Waals surface area contributed by atoms with Crippen molar-refractivity contribution in [2.24, 2.45) is 5.92 Å². The van der Waals surface area contributed by atoms with Crippen molar-refractivity contribution in [3.05, 3.63) is 35.9 Å². The lowest BCUT2D eigenvalue weighted by Crippen LogP contribution is -2.31. The van der Waals surface area contributed by atoms with E-state index in [1.165, 1.54) is 0 Å². The number of carbonyl (C=O) groups excluding carboxylic acids is 1. The molecule has 0 bridgehead atoms. The van der Waals surface area contributed by atoms with Gasteiger partial charge in [-0.25, -0.2) is 0 Å². The fourth-order valence-corrected chi connectivity index (χ4v) is 3.59. The van der Waals surface area contributed by atoms with E-state index < -0.39 is 21.9 Å². The normalized spacial score (nSPS) is 20.8. The van der Waals surface area contributed by atoms with Gasteiger partial charge < -0.3 is 10.0 Å². The van der Waals surface area contributed by atoms with Gasteiger partial charge in [0.1, 0.15) is 0 Å². The molecule has 5 nitrogen and oxygen atoms in total. The number of benzene rings is 1. The first-order chi connectivity index (χ1) is 9.90. The van der Waals surface area contributed by atoms with Crippen LogP contribution in [0.15, 0.2) is 30.3 Å². The number of nitrogens with zero attached hydrogens (tertiary/aromatic N) is 1. The number of aliphatic hydroxyl groups is 1. The SMILES string of the molecule is O=C1CC(CS(=O)(=O)F)CN1C(CCO)c1ccccc1. The smallest absolute Gasteiger partial charge is 0.302 e. The van der Waals surface area contributed by atoms with E-state index in [9.17, 15) is 22.2 Å². The summed E-state index contributed by atoms with van der Waals surface area (Å²) in [5.74, 6) is -1.36. The number of hydrogen-bond donors (Lipinski definition) is 1. The van der Waals surface area contributed by atoms with Gasteiger partial charge in [0.2, 0.25) is 5.91 Å². The van der Waals surface area contributed by atoms with Gasteiger partial charge in [0.05, 0.1) is 11.8 Å². The minimum absolute atomic E-state index is 0.0257. The molecule has 1 fully saturated rings. The maximum atomic E-state index is 12.8. The Morgan fingerprint density at radius 2 is 2.00 bits per heavy atom. The van der Waals surface area contributed by atoms with Crippen LogP contribution in [0.2, 0.25) is 0 Å². The highest BCUT2D eigenvalue weighted by molar-refractivity contribution is 7.86. The van der Waals surface area contributed by atoms with E-state index in [4.69, 9.17) is 0 Å². The summed E-state index contributed by atoms with van der Waals surface area (Å²) in [6.45, 7) is 0.108. The molecule has 2 rings (SSSR count). The number of amides is 1. The van der Waals surface area contributed by atoms with Gasteiger partial charge in [0.15, 0.2) is 0 Å². The Labute approximate surface area is 123 Å². The number of aliphatic hydroxyl groups excluding tert-OH is 1. The highest BCUT2D eigenvalue weighted by Gasteiger charge is 2.36. The molecule has 1 heterocycles. The zero-order chi connectivity index (χ0) is 15.5. The Balaban J connectivity index is 2.16. The van der Waals surface area contributed by atoms with Crippen molar-refractivity contribution in [2.45, 2.75) is 18.9 Å². The van der Waals surface area contributed by atoms with E-state index in [0.29, 0.717) is 6.42 Å². The first-order valence-electron chi connectivity index (χ1n) is 6.78. The van der Waals surface area contributed by atoms with Gasteiger partial charge in [-0.05, 0) is 12.0 Å². The van der Waals surface area contributed by atoms with Crippen LogP contribution in [-0.2, 0) is 15.0 Å². The Hall–Kier alpha value is -1.47. The topological polar surface area (TPSA) is 74.7 Å². The van der Waals surface area contributed by atoms with E-state index in [1.807, 2.05) is 30.3 Å². The maximum Gasteiger partial charge on any atom is 0.302 e. The number of carbonyl (C=O) groups is 1. The zero-order valence-electron chi connectivity index (χ0n) is 11.5. The molecule has 1 N–H and O–H groups in total. The Bertz CT molecular complexity index is 590. The van der Waals surface area contributed by atoms with Crippen LogP contribution in [0.4, 0.5) is 3.89 Å². The van der Waals surface area contributed by atoms with E-state index >= 15 is 0 Å². The van der Waals surface area contributed by atoms with Crippen molar-refractivity contribution in [1.82, 2.24) is 4.90 Å². The molecule has 1 aliphatic rings. The monoisotopic (exact) mass is 315 g/mol. The third kappa shape index (κ3) is 4.25. The van der Waals surface area contributed by atoms with Gasteiger partial charge in [0, 0.05) is 25.5 Å². The predicted octanol–water partition coefficient (Wildman–Crippen LogP) is 1.26. The second kappa shape index (κ2) is 6.53. The molecule has 2 atom stereocenters. The van der Waals surface area contributed by atoms with Gasteiger partial charge in [0.25, 0.3) is 0 Å². The number of halogens is 1. The van der Waals surface area contributed by atoms with Crippen LogP contribution in [0, 0.1) is 5.92 Å². The molecule has 0 radical (unpaired) electrons. The second-order valence-corrected chi connectivity index (χ2v) is 6.67. The Morgan fingerprint density at radius 3 is 2.57 bits per heavy atom. The Morgan fingerprint density at radius 1 is 1.33 bits per heavy atom. The molecule has 1 saturated heterocycles. The molecular formula is C14H18FNO4S. The number of likely N-dealkylation sites (tertiary alicyclic amines) is 1. The molecule has 0 saturated carbocycles. The molecule has 1 amide bonds. The van der Waals surface area contributed by atoms with Crippen LogP contribution < -0.4 is 0 Å². The second-order valence-electron chi connectivity index (χ2n) is 5.26. The lowest BCUT2D eigenvalue weighted by atomic mass is 10.0. The summed E-state index contributed by atoms with van der Waals surface area (Å²) in [6.07, 6.45) is 0.392. The largest absolute Gasteiger partial charge is 0.396 e. The summed E-state index contributed by atoms with van der Waals surface area (Å²) in [4.78, 5) is 13.6. The van der Waals surface area contributed by atoms with Crippen LogP contribution >= 0.6 is 0 Å². The van der Waals surface area contributed by atoms with Gasteiger partial charge in [-0.2, -0.15) is 8.42 Å². The van der Waals surface area contributed by atoms with Crippen LogP contribution in [0.3, 0.4) is 0 Å². The maximum absolute atomic E-state index is 12.8. The summed E-state index contributed by atoms with van der Waals surface area (Å²) >= 11 is 0. The third-order valence-corrected chi connectivity index (χ3v) is 4.51. The van der Waals surface area contributed by atoms with Crippen molar-refractivity contribution in [3.63, 3.8) is 0 Å². The van der Waals surface area contributed by atoms with Gasteiger partial charge >= 0.3 is 10.2 Å². The van der Waals surface area contributed by atoms with Crippen LogP contribution in [-0.4, -0.2) is 43.2 Å². The average molecular weight is 315 g/mol. The Kier molecular flexibility index (Phi) is 4.95. The number of rotatable bonds is 6. The fourth-order valence-electron chi connectivity index (χ4n) is 2.80. The minimum atomic E-state index is -4.59. The summed E-state index contributed by atoms with van der Waals surface area (Å²) in [7, 11) is -4.59.